The van der Waals surface area contributed by atoms with E-state index in [2.05, 4.69) is 6.58 Å². The number of rotatable bonds is 2. The van der Waals surface area contributed by atoms with Crippen LogP contribution < -0.4 is 0 Å². The molecule has 0 heterocycles. The minimum Gasteiger partial charge on any atom is -0.118 e. The zero-order chi connectivity index (χ0) is 8.31. The molecule has 0 bridgehead atoms. The highest BCUT2D eigenvalue weighted by Crippen LogP contribution is 2.21. The van der Waals surface area contributed by atoms with Crippen molar-refractivity contribution in [1.82, 2.24) is 0 Å². The predicted octanol–water partition coefficient (Wildman–Crippen LogP) is 3.70. The van der Waals surface area contributed by atoms with E-state index >= 15 is 0 Å². The number of allylic oxidation sites excluding steroid dienone is 3. The molecule has 58 valence electrons. The van der Waals surface area contributed by atoms with Crippen LogP contribution in [0.25, 0.3) is 0 Å². The van der Waals surface area contributed by atoms with Crippen LogP contribution >= 0.6 is 23.2 Å². The van der Waals surface area contributed by atoms with E-state index in [9.17, 15) is 0 Å². The van der Waals surface area contributed by atoms with Crippen LogP contribution in [0.15, 0.2) is 22.8 Å². The van der Waals surface area contributed by atoms with Crippen molar-refractivity contribution in [3.8, 4) is 0 Å². The maximum atomic E-state index is 5.86. The largest absolute Gasteiger partial charge is 0.118 e. The Labute approximate surface area is 72.5 Å². The molecule has 0 saturated carbocycles. The fraction of sp³-hybridized carbons (Fsp3) is 0.500. The van der Waals surface area contributed by atoms with E-state index in [1.165, 1.54) is 0 Å². The van der Waals surface area contributed by atoms with Gasteiger partial charge in [-0.3, -0.25) is 0 Å². The molecule has 0 rings (SSSR count). The van der Waals surface area contributed by atoms with Crippen molar-refractivity contribution in [1.29, 1.82) is 0 Å². The summed E-state index contributed by atoms with van der Waals surface area (Å²) in [6, 6.07) is 0. The molecule has 0 aliphatic carbocycles. The summed E-state index contributed by atoms with van der Waals surface area (Å²) in [6.07, 6.45) is 0. The van der Waals surface area contributed by atoms with Gasteiger partial charge in [-0.1, -0.05) is 18.2 Å². The van der Waals surface area contributed by atoms with E-state index in [1.54, 1.807) is 0 Å². The van der Waals surface area contributed by atoms with E-state index < -0.39 is 0 Å². The van der Waals surface area contributed by atoms with Crippen LogP contribution in [-0.2, 0) is 0 Å². The van der Waals surface area contributed by atoms with Crippen molar-refractivity contribution in [2.24, 2.45) is 0 Å². The second-order valence-corrected chi connectivity index (χ2v) is 3.43. The minimum absolute atomic E-state index is 0.0100. The van der Waals surface area contributed by atoms with E-state index in [-0.39, 0.29) is 5.38 Å². The molecule has 0 spiro atoms. The molecule has 0 fully saturated rings. The van der Waals surface area contributed by atoms with E-state index in [0.717, 1.165) is 11.1 Å². The molecule has 0 saturated heterocycles. The third-order valence-electron chi connectivity index (χ3n) is 1.32. The summed E-state index contributed by atoms with van der Waals surface area (Å²) in [6.45, 7) is 9.38. The topological polar surface area (TPSA) is 0 Å². The third-order valence-corrected chi connectivity index (χ3v) is 2.27. The van der Waals surface area contributed by atoms with E-state index in [4.69, 9.17) is 23.2 Å². The number of halogens is 2. The molecule has 10 heavy (non-hydrogen) atoms. The highest BCUT2D eigenvalue weighted by atomic mass is 35.5. The average molecular weight is 179 g/mol. The second kappa shape index (κ2) is 4.05. The van der Waals surface area contributed by atoms with Crippen LogP contribution in [0.3, 0.4) is 0 Å². The van der Waals surface area contributed by atoms with Crippen LogP contribution in [0.2, 0.25) is 0 Å². The summed E-state index contributed by atoms with van der Waals surface area (Å²) in [5.74, 6) is 0. The van der Waals surface area contributed by atoms with E-state index in [0.29, 0.717) is 5.03 Å². The Bertz CT molecular complexity index is 166. The van der Waals surface area contributed by atoms with Crippen molar-refractivity contribution in [2.45, 2.75) is 26.1 Å². The first kappa shape index (κ1) is 10.1. The highest BCUT2D eigenvalue weighted by Gasteiger charge is 2.04. The Morgan fingerprint density at radius 3 is 1.90 bits per heavy atom. The fourth-order valence-electron chi connectivity index (χ4n) is 0.511. The van der Waals surface area contributed by atoms with Crippen molar-refractivity contribution >= 4 is 23.2 Å². The van der Waals surface area contributed by atoms with Gasteiger partial charge in [0.15, 0.2) is 0 Å². The fourth-order valence-corrected chi connectivity index (χ4v) is 0.840. The van der Waals surface area contributed by atoms with Gasteiger partial charge in [-0.25, -0.2) is 0 Å². The molecule has 0 aliphatic rings. The smallest absolute Gasteiger partial charge is 0.0531 e. The first-order valence-electron chi connectivity index (χ1n) is 3.13. The summed E-state index contributed by atoms with van der Waals surface area (Å²) < 4.78 is 0. The average Bonchev–Trinajstić information content (AvgIpc) is 1.84. The van der Waals surface area contributed by atoms with Gasteiger partial charge < -0.3 is 0 Å². The van der Waals surface area contributed by atoms with Gasteiger partial charge in [0.1, 0.15) is 0 Å². The van der Waals surface area contributed by atoms with Crippen LogP contribution in [0.1, 0.15) is 20.8 Å². The first-order valence-corrected chi connectivity index (χ1v) is 3.94. The Morgan fingerprint density at radius 2 is 1.80 bits per heavy atom. The van der Waals surface area contributed by atoms with Gasteiger partial charge in [-0.15, -0.1) is 11.6 Å². The Balaban J connectivity index is 4.50. The Hall–Kier alpha value is 0.0600. The molecule has 0 amide bonds. The Kier molecular flexibility index (Phi) is 4.07. The van der Waals surface area contributed by atoms with Gasteiger partial charge in [-0.05, 0) is 31.9 Å². The number of hydrogen-bond donors (Lipinski definition) is 0. The van der Waals surface area contributed by atoms with Gasteiger partial charge in [0.2, 0.25) is 0 Å². The zero-order valence-electron chi connectivity index (χ0n) is 6.54. The summed E-state index contributed by atoms with van der Waals surface area (Å²) in [5, 5.41) is 0.687. The molecule has 0 aliphatic heterocycles. The lowest BCUT2D eigenvalue weighted by molar-refractivity contribution is 1.09. The van der Waals surface area contributed by atoms with Gasteiger partial charge in [-0.2, -0.15) is 0 Å². The molecule has 1 atom stereocenters. The molecule has 0 radical (unpaired) electrons. The lowest BCUT2D eigenvalue weighted by Gasteiger charge is -2.06. The minimum atomic E-state index is -0.0100. The normalized spacial score (nSPS) is 16.1. The van der Waals surface area contributed by atoms with Crippen LogP contribution in [0.4, 0.5) is 0 Å². The van der Waals surface area contributed by atoms with Crippen LogP contribution in [-0.4, -0.2) is 5.38 Å². The zero-order valence-corrected chi connectivity index (χ0v) is 8.05. The van der Waals surface area contributed by atoms with Gasteiger partial charge in [0, 0.05) is 5.03 Å². The summed E-state index contributed by atoms with van der Waals surface area (Å²) in [5.41, 5.74) is 1.85. The van der Waals surface area contributed by atoms with Crippen molar-refractivity contribution in [3.05, 3.63) is 22.8 Å². The molecule has 0 nitrogen and oxygen atoms in total. The van der Waals surface area contributed by atoms with Crippen molar-refractivity contribution in [3.63, 3.8) is 0 Å². The monoisotopic (exact) mass is 178 g/mol. The third kappa shape index (κ3) is 2.76. The van der Waals surface area contributed by atoms with Crippen molar-refractivity contribution < 1.29 is 0 Å². The van der Waals surface area contributed by atoms with Crippen LogP contribution in [0, 0.1) is 0 Å². The summed E-state index contributed by atoms with van der Waals surface area (Å²) in [7, 11) is 0. The molecular formula is C8H12Cl2. The quantitative estimate of drug-likeness (QED) is 0.447. The lowest BCUT2D eigenvalue weighted by atomic mass is 10.1. The molecule has 2 heteroatoms. The SMILES string of the molecule is C=C(C)/C(Cl)=C(\C)C(C)Cl. The molecule has 0 aromatic rings. The van der Waals surface area contributed by atoms with Gasteiger partial charge in [0.05, 0.1) is 5.38 Å². The number of hydrogen-bond acceptors (Lipinski definition) is 0. The second-order valence-electron chi connectivity index (χ2n) is 2.39. The molecular weight excluding hydrogens is 167 g/mol. The number of alkyl halides is 1. The summed E-state index contributed by atoms with van der Waals surface area (Å²) >= 11 is 11.6. The standard InChI is InChI=1S/C8H12Cl2/c1-5(2)8(10)6(3)7(4)9/h7H,1H2,2-4H3/b8-6-. The maximum absolute atomic E-state index is 5.86. The highest BCUT2D eigenvalue weighted by molar-refractivity contribution is 6.33. The molecule has 0 aromatic heterocycles. The molecule has 0 N–H and O–H groups in total. The molecule has 0 aromatic carbocycles. The van der Waals surface area contributed by atoms with Crippen molar-refractivity contribution in [2.75, 3.05) is 0 Å². The van der Waals surface area contributed by atoms with Gasteiger partial charge >= 0.3 is 0 Å². The maximum Gasteiger partial charge on any atom is 0.0531 e. The lowest BCUT2D eigenvalue weighted by Crippen LogP contribution is -1.95. The summed E-state index contributed by atoms with van der Waals surface area (Å²) in [4.78, 5) is 0. The Morgan fingerprint density at radius 1 is 1.40 bits per heavy atom. The van der Waals surface area contributed by atoms with Gasteiger partial charge in [0.25, 0.3) is 0 Å². The van der Waals surface area contributed by atoms with E-state index in [1.807, 2.05) is 20.8 Å². The predicted molar refractivity (Wildman–Crippen MR) is 48.7 cm³/mol. The van der Waals surface area contributed by atoms with Crippen LogP contribution in [0.5, 0.6) is 0 Å². The molecule has 1 unspecified atom stereocenters. The first-order chi connectivity index (χ1) is 4.46.